The average Bonchev–Trinajstić information content (AvgIpc) is 2.37. The number of benzene rings is 1. The van der Waals surface area contributed by atoms with E-state index >= 15 is 0 Å². The molecule has 0 aromatic heterocycles. The summed E-state index contributed by atoms with van der Waals surface area (Å²) in [5, 5.41) is 8.69. The lowest BCUT2D eigenvalue weighted by Crippen LogP contribution is -2.31. The standard InChI is InChI=1S/C12H17NO5S/c1-3-18-10-4-6-11(7-5-10)19(16,17)13-8-9(2)12(14)15/h4-7,9,13H,3,8H2,1-2H3,(H,14,15). The van der Waals surface area contributed by atoms with Crippen molar-refractivity contribution in [2.24, 2.45) is 5.92 Å². The maximum absolute atomic E-state index is 11.9. The van der Waals surface area contributed by atoms with Crippen molar-refractivity contribution in [3.63, 3.8) is 0 Å². The molecule has 1 aromatic rings. The summed E-state index contributed by atoms with van der Waals surface area (Å²) in [4.78, 5) is 10.7. The summed E-state index contributed by atoms with van der Waals surface area (Å²) < 4.78 is 31.2. The normalized spacial score (nSPS) is 12.9. The fraction of sp³-hybridized carbons (Fsp3) is 0.417. The predicted octanol–water partition coefficient (Wildman–Crippen LogP) is 1.08. The van der Waals surface area contributed by atoms with E-state index in [1.54, 1.807) is 12.1 Å². The molecule has 0 spiro atoms. The molecule has 0 saturated heterocycles. The van der Waals surface area contributed by atoms with Crippen molar-refractivity contribution in [3.05, 3.63) is 24.3 Å². The molecule has 6 nitrogen and oxygen atoms in total. The van der Waals surface area contributed by atoms with Crippen LogP contribution in [-0.2, 0) is 14.8 Å². The van der Waals surface area contributed by atoms with Gasteiger partial charge < -0.3 is 9.84 Å². The fourth-order valence-corrected chi connectivity index (χ4v) is 2.42. The molecule has 1 rings (SSSR count). The van der Waals surface area contributed by atoms with E-state index in [0.29, 0.717) is 12.4 Å². The number of carboxylic acid groups (broad SMARTS) is 1. The van der Waals surface area contributed by atoms with E-state index < -0.39 is 21.9 Å². The number of ether oxygens (including phenoxy) is 1. The van der Waals surface area contributed by atoms with Gasteiger partial charge in [-0.1, -0.05) is 6.92 Å². The van der Waals surface area contributed by atoms with Crippen molar-refractivity contribution in [1.29, 1.82) is 0 Å². The lowest BCUT2D eigenvalue weighted by atomic mass is 10.2. The average molecular weight is 287 g/mol. The Morgan fingerprint density at radius 1 is 1.37 bits per heavy atom. The Balaban J connectivity index is 2.74. The van der Waals surface area contributed by atoms with Crippen LogP contribution in [0, 0.1) is 5.92 Å². The number of nitrogens with one attached hydrogen (secondary N) is 1. The minimum absolute atomic E-state index is 0.0774. The Bertz CT molecular complexity index is 524. The Labute approximate surface area is 112 Å². The highest BCUT2D eigenvalue weighted by Crippen LogP contribution is 2.15. The highest BCUT2D eigenvalue weighted by molar-refractivity contribution is 7.89. The third-order valence-electron chi connectivity index (χ3n) is 2.45. The first-order valence-corrected chi connectivity index (χ1v) is 7.30. The van der Waals surface area contributed by atoms with Gasteiger partial charge in [-0.15, -0.1) is 0 Å². The van der Waals surface area contributed by atoms with E-state index in [4.69, 9.17) is 9.84 Å². The number of carboxylic acids is 1. The molecule has 7 heteroatoms. The second kappa shape index (κ2) is 6.53. The summed E-state index contributed by atoms with van der Waals surface area (Å²) in [5.74, 6) is -1.24. The van der Waals surface area contributed by atoms with Gasteiger partial charge in [-0.25, -0.2) is 13.1 Å². The first-order chi connectivity index (χ1) is 8.86. The number of aliphatic carboxylic acids is 1. The molecule has 19 heavy (non-hydrogen) atoms. The topological polar surface area (TPSA) is 92.7 Å². The first-order valence-electron chi connectivity index (χ1n) is 5.82. The number of hydrogen-bond donors (Lipinski definition) is 2. The Kier molecular flexibility index (Phi) is 5.31. The van der Waals surface area contributed by atoms with Crippen LogP contribution in [0.5, 0.6) is 5.75 Å². The number of sulfonamides is 1. The molecule has 0 aliphatic carbocycles. The van der Waals surface area contributed by atoms with Crippen molar-refractivity contribution >= 4 is 16.0 Å². The Morgan fingerprint density at radius 3 is 2.42 bits per heavy atom. The van der Waals surface area contributed by atoms with Crippen LogP contribution in [0.4, 0.5) is 0 Å². The van der Waals surface area contributed by atoms with Gasteiger partial charge in [0, 0.05) is 6.54 Å². The van der Waals surface area contributed by atoms with Crippen LogP contribution >= 0.6 is 0 Å². The van der Waals surface area contributed by atoms with Crippen LogP contribution in [0.3, 0.4) is 0 Å². The van der Waals surface area contributed by atoms with Crippen LogP contribution in [-0.4, -0.2) is 32.6 Å². The van der Waals surface area contributed by atoms with Gasteiger partial charge in [0.2, 0.25) is 10.0 Å². The third kappa shape index (κ3) is 4.53. The molecular formula is C12H17NO5S. The SMILES string of the molecule is CCOc1ccc(S(=O)(=O)NCC(C)C(=O)O)cc1. The second-order valence-electron chi connectivity index (χ2n) is 4.00. The van der Waals surface area contributed by atoms with E-state index in [9.17, 15) is 13.2 Å². The zero-order valence-corrected chi connectivity index (χ0v) is 11.6. The summed E-state index contributed by atoms with van der Waals surface area (Å²) in [5.41, 5.74) is 0. The van der Waals surface area contributed by atoms with Gasteiger partial charge in [-0.05, 0) is 31.2 Å². The van der Waals surface area contributed by atoms with Gasteiger partial charge in [-0.3, -0.25) is 4.79 Å². The largest absolute Gasteiger partial charge is 0.494 e. The van der Waals surface area contributed by atoms with E-state index in [-0.39, 0.29) is 11.4 Å². The molecule has 0 bridgehead atoms. The molecule has 0 aliphatic rings. The molecule has 0 saturated carbocycles. The summed E-state index contributed by atoms with van der Waals surface area (Å²) in [6, 6.07) is 5.94. The Morgan fingerprint density at radius 2 is 1.95 bits per heavy atom. The van der Waals surface area contributed by atoms with Gasteiger partial charge in [-0.2, -0.15) is 0 Å². The summed E-state index contributed by atoms with van der Waals surface area (Å²) in [6.45, 7) is 3.62. The zero-order chi connectivity index (χ0) is 14.5. The molecule has 1 unspecified atom stereocenters. The number of rotatable bonds is 7. The predicted molar refractivity (Wildman–Crippen MR) is 69.6 cm³/mol. The summed E-state index contributed by atoms with van der Waals surface area (Å²) >= 11 is 0. The quantitative estimate of drug-likeness (QED) is 0.783. The van der Waals surface area contributed by atoms with Crippen LogP contribution in [0.1, 0.15) is 13.8 Å². The highest BCUT2D eigenvalue weighted by atomic mass is 32.2. The van der Waals surface area contributed by atoms with Gasteiger partial charge in [0.15, 0.2) is 0 Å². The third-order valence-corrected chi connectivity index (χ3v) is 3.89. The summed E-state index contributed by atoms with van der Waals surface area (Å²) in [6.07, 6.45) is 0. The second-order valence-corrected chi connectivity index (χ2v) is 5.76. The maximum atomic E-state index is 11.9. The number of hydrogen-bond acceptors (Lipinski definition) is 4. The van der Waals surface area contributed by atoms with Gasteiger partial charge >= 0.3 is 5.97 Å². The smallest absolute Gasteiger partial charge is 0.307 e. The molecule has 2 N–H and O–H groups in total. The van der Waals surface area contributed by atoms with Gasteiger partial charge in [0.05, 0.1) is 17.4 Å². The minimum atomic E-state index is -3.69. The van der Waals surface area contributed by atoms with E-state index in [1.165, 1.54) is 19.1 Å². The molecule has 0 amide bonds. The lowest BCUT2D eigenvalue weighted by Gasteiger charge is -2.10. The van der Waals surface area contributed by atoms with Crippen molar-refractivity contribution in [1.82, 2.24) is 4.72 Å². The van der Waals surface area contributed by atoms with Crippen molar-refractivity contribution in [3.8, 4) is 5.75 Å². The molecule has 1 atom stereocenters. The lowest BCUT2D eigenvalue weighted by molar-refractivity contribution is -0.140. The molecule has 1 aromatic carbocycles. The van der Waals surface area contributed by atoms with E-state index in [2.05, 4.69) is 4.72 Å². The van der Waals surface area contributed by atoms with Crippen molar-refractivity contribution in [2.45, 2.75) is 18.7 Å². The van der Waals surface area contributed by atoms with Gasteiger partial charge in [0.1, 0.15) is 5.75 Å². The minimum Gasteiger partial charge on any atom is -0.494 e. The van der Waals surface area contributed by atoms with Crippen LogP contribution < -0.4 is 9.46 Å². The summed E-state index contributed by atoms with van der Waals surface area (Å²) in [7, 11) is -3.69. The monoisotopic (exact) mass is 287 g/mol. The zero-order valence-electron chi connectivity index (χ0n) is 10.8. The fourth-order valence-electron chi connectivity index (χ4n) is 1.29. The Hall–Kier alpha value is -1.60. The first kappa shape index (κ1) is 15.5. The van der Waals surface area contributed by atoms with E-state index in [0.717, 1.165) is 0 Å². The molecule has 0 radical (unpaired) electrons. The highest BCUT2D eigenvalue weighted by Gasteiger charge is 2.18. The molecule has 0 aliphatic heterocycles. The van der Waals surface area contributed by atoms with Crippen LogP contribution in [0.15, 0.2) is 29.2 Å². The van der Waals surface area contributed by atoms with Gasteiger partial charge in [0.25, 0.3) is 0 Å². The van der Waals surface area contributed by atoms with Crippen molar-refractivity contribution in [2.75, 3.05) is 13.2 Å². The molecule has 0 fully saturated rings. The van der Waals surface area contributed by atoms with Crippen molar-refractivity contribution < 1.29 is 23.1 Å². The molecule has 0 heterocycles. The van der Waals surface area contributed by atoms with Crippen LogP contribution in [0.2, 0.25) is 0 Å². The molecule has 106 valence electrons. The van der Waals surface area contributed by atoms with Crippen LogP contribution in [0.25, 0.3) is 0 Å². The maximum Gasteiger partial charge on any atom is 0.307 e. The number of carbonyl (C=O) groups is 1. The van der Waals surface area contributed by atoms with E-state index in [1.807, 2.05) is 6.92 Å². The molecular weight excluding hydrogens is 270 g/mol.